The summed E-state index contributed by atoms with van der Waals surface area (Å²) < 4.78 is 6.83. The molecule has 8 heteroatoms. The lowest BCUT2D eigenvalue weighted by Gasteiger charge is -2.19. The van der Waals surface area contributed by atoms with E-state index in [1.54, 1.807) is 39.1 Å². The Balaban J connectivity index is 2.39. The van der Waals surface area contributed by atoms with Gasteiger partial charge in [0.15, 0.2) is 0 Å². The molecule has 0 aliphatic heterocycles. The van der Waals surface area contributed by atoms with E-state index in [2.05, 4.69) is 5.32 Å². The third kappa shape index (κ3) is 5.07. The van der Waals surface area contributed by atoms with Crippen LogP contribution < -0.4 is 16.8 Å². The van der Waals surface area contributed by atoms with Crippen LogP contribution in [0.4, 0.5) is 4.79 Å². The zero-order chi connectivity index (χ0) is 20.4. The highest BCUT2D eigenvalue weighted by atomic mass is 16.6. The van der Waals surface area contributed by atoms with Gasteiger partial charge in [-0.2, -0.15) is 0 Å². The molecule has 0 aliphatic carbocycles. The van der Waals surface area contributed by atoms with E-state index in [-0.39, 0.29) is 6.42 Å². The van der Waals surface area contributed by atoms with Gasteiger partial charge >= 0.3 is 6.09 Å². The minimum atomic E-state index is -0.943. The Hall–Kier alpha value is -2.87. The van der Waals surface area contributed by atoms with Gasteiger partial charge in [0.25, 0.3) is 0 Å². The number of nitrogens with zero attached hydrogens (tertiary/aromatic N) is 1. The lowest BCUT2D eigenvalue weighted by Crippen LogP contribution is -2.50. The highest BCUT2D eigenvalue weighted by Crippen LogP contribution is 2.24. The zero-order valence-corrected chi connectivity index (χ0v) is 16.0. The molecule has 0 fully saturated rings. The molecule has 2 aromatic rings. The molecule has 1 aromatic heterocycles. The number of hydrogen-bond donors (Lipinski definition) is 3. The molecule has 0 aliphatic rings. The second kappa shape index (κ2) is 7.79. The van der Waals surface area contributed by atoms with Gasteiger partial charge in [-0.3, -0.25) is 14.2 Å². The average Bonchev–Trinajstić information content (AvgIpc) is 2.91. The summed E-state index contributed by atoms with van der Waals surface area (Å²) in [5.41, 5.74) is 11.7. The Morgan fingerprint density at radius 2 is 1.85 bits per heavy atom. The first-order valence-corrected chi connectivity index (χ1v) is 8.67. The van der Waals surface area contributed by atoms with Crippen molar-refractivity contribution in [2.45, 2.75) is 51.8 Å². The van der Waals surface area contributed by atoms with Crippen molar-refractivity contribution in [1.29, 1.82) is 0 Å². The number of carbonyl (C=O) groups excluding carboxylic acids is 3. The number of benzene rings is 1. The Kier molecular flexibility index (Phi) is 5.90. The molecule has 2 atom stereocenters. The normalized spacial score (nSPS) is 13.8. The van der Waals surface area contributed by atoms with Crippen LogP contribution in [0.3, 0.4) is 0 Å². The average molecular weight is 374 g/mol. The van der Waals surface area contributed by atoms with Crippen LogP contribution in [0.5, 0.6) is 0 Å². The van der Waals surface area contributed by atoms with Crippen LogP contribution in [0.25, 0.3) is 10.9 Å². The lowest BCUT2D eigenvalue weighted by molar-refractivity contribution is -0.127. The van der Waals surface area contributed by atoms with E-state index in [0.717, 1.165) is 5.39 Å². The third-order valence-corrected chi connectivity index (χ3v) is 3.88. The lowest BCUT2D eigenvalue weighted by atomic mass is 10.0. The molecule has 0 unspecified atom stereocenters. The molecule has 8 nitrogen and oxygen atoms in total. The number of aromatic nitrogens is 1. The molecule has 5 N–H and O–H groups in total. The quantitative estimate of drug-likeness (QED) is 0.726. The Bertz CT molecular complexity index is 864. The molecule has 0 saturated heterocycles. The SMILES string of the molecule is C[C@H](N)C(=O)N[C@@H](Cc1cn(C(=O)OC(C)(C)C)c2ccccc12)C(N)=O. The van der Waals surface area contributed by atoms with E-state index in [4.69, 9.17) is 16.2 Å². The maximum atomic E-state index is 12.5. The minimum absolute atomic E-state index is 0.129. The number of rotatable bonds is 5. The fourth-order valence-electron chi connectivity index (χ4n) is 2.62. The fourth-order valence-corrected chi connectivity index (χ4v) is 2.62. The fraction of sp³-hybridized carbons (Fsp3) is 0.421. The summed E-state index contributed by atoms with van der Waals surface area (Å²) in [6.07, 6.45) is 1.21. The van der Waals surface area contributed by atoms with Crippen molar-refractivity contribution in [3.8, 4) is 0 Å². The van der Waals surface area contributed by atoms with Crippen LogP contribution in [0, 0.1) is 0 Å². The molecule has 0 radical (unpaired) electrons. The Morgan fingerprint density at radius 1 is 1.22 bits per heavy atom. The summed E-state index contributed by atoms with van der Waals surface area (Å²) in [7, 11) is 0. The standard InChI is InChI=1S/C19H26N4O4/c1-11(20)17(25)22-14(16(21)24)9-12-10-23(18(26)27-19(2,3)4)15-8-6-5-7-13(12)15/h5-8,10-11,14H,9,20H2,1-4H3,(H2,21,24)(H,22,25)/t11-,14-/m0/s1. The highest BCUT2D eigenvalue weighted by molar-refractivity contribution is 5.93. The predicted octanol–water partition coefficient (Wildman–Crippen LogP) is 1.28. The van der Waals surface area contributed by atoms with E-state index >= 15 is 0 Å². The zero-order valence-electron chi connectivity index (χ0n) is 16.0. The summed E-state index contributed by atoms with van der Waals surface area (Å²) in [6, 6.07) is 5.53. The number of nitrogens with two attached hydrogens (primary N) is 2. The van der Waals surface area contributed by atoms with Crippen LogP contribution in [-0.2, 0) is 20.7 Å². The number of nitrogens with one attached hydrogen (secondary N) is 1. The molecule has 27 heavy (non-hydrogen) atoms. The van der Waals surface area contributed by atoms with Crippen LogP contribution in [0.2, 0.25) is 0 Å². The third-order valence-electron chi connectivity index (χ3n) is 3.88. The number of para-hydroxylation sites is 1. The summed E-state index contributed by atoms with van der Waals surface area (Å²) in [4.78, 5) is 36.2. The molecule has 0 spiro atoms. The van der Waals surface area contributed by atoms with E-state index in [9.17, 15) is 14.4 Å². The van der Waals surface area contributed by atoms with Crippen LogP contribution in [0.1, 0.15) is 33.3 Å². The second-order valence-electron chi connectivity index (χ2n) is 7.48. The minimum Gasteiger partial charge on any atom is -0.443 e. The van der Waals surface area contributed by atoms with Crippen molar-refractivity contribution in [2.75, 3.05) is 0 Å². The molecular weight excluding hydrogens is 348 g/mol. The predicted molar refractivity (Wildman–Crippen MR) is 102 cm³/mol. The van der Waals surface area contributed by atoms with Gasteiger partial charge in [-0.05, 0) is 39.3 Å². The second-order valence-corrected chi connectivity index (χ2v) is 7.48. The van der Waals surface area contributed by atoms with Crippen molar-refractivity contribution in [2.24, 2.45) is 11.5 Å². The molecule has 0 bridgehead atoms. The summed E-state index contributed by atoms with van der Waals surface area (Å²) in [5.74, 6) is -1.16. The van der Waals surface area contributed by atoms with Crippen molar-refractivity contribution in [1.82, 2.24) is 9.88 Å². The topological polar surface area (TPSA) is 129 Å². The van der Waals surface area contributed by atoms with Crippen molar-refractivity contribution >= 4 is 28.8 Å². The van der Waals surface area contributed by atoms with Crippen LogP contribution >= 0.6 is 0 Å². The molecule has 146 valence electrons. The molecule has 1 aromatic carbocycles. The van der Waals surface area contributed by atoms with Gasteiger partial charge in [-0.1, -0.05) is 18.2 Å². The van der Waals surface area contributed by atoms with E-state index in [1.807, 2.05) is 12.1 Å². The van der Waals surface area contributed by atoms with Gasteiger partial charge in [0.1, 0.15) is 11.6 Å². The number of primary amides is 1. The number of carbonyl (C=O) groups is 3. The van der Waals surface area contributed by atoms with Gasteiger partial charge in [-0.15, -0.1) is 0 Å². The first-order valence-electron chi connectivity index (χ1n) is 8.67. The molecule has 1 heterocycles. The van der Waals surface area contributed by atoms with Crippen molar-refractivity contribution in [3.05, 3.63) is 36.0 Å². The Morgan fingerprint density at radius 3 is 2.41 bits per heavy atom. The molecular formula is C19H26N4O4. The van der Waals surface area contributed by atoms with Crippen LogP contribution in [0.15, 0.2) is 30.5 Å². The molecule has 0 saturated carbocycles. The van der Waals surface area contributed by atoms with Crippen molar-refractivity contribution < 1.29 is 19.1 Å². The summed E-state index contributed by atoms with van der Waals surface area (Å²) >= 11 is 0. The van der Waals surface area contributed by atoms with E-state index in [0.29, 0.717) is 11.1 Å². The van der Waals surface area contributed by atoms with Crippen molar-refractivity contribution in [3.63, 3.8) is 0 Å². The van der Waals surface area contributed by atoms with E-state index in [1.165, 1.54) is 11.5 Å². The van der Waals surface area contributed by atoms with E-state index < -0.39 is 35.6 Å². The highest BCUT2D eigenvalue weighted by Gasteiger charge is 2.25. The smallest absolute Gasteiger partial charge is 0.419 e. The Labute approximate surface area is 157 Å². The van der Waals surface area contributed by atoms with Gasteiger partial charge < -0.3 is 21.5 Å². The number of amides is 2. The van der Waals surface area contributed by atoms with Gasteiger partial charge in [-0.25, -0.2) is 4.79 Å². The number of ether oxygens (including phenoxy) is 1. The molecule has 2 rings (SSSR count). The number of hydrogen-bond acceptors (Lipinski definition) is 5. The largest absolute Gasteiger partial charge is 0.443 e. The first-order chi connectivity index (χ1) is 12.5. The first kappa shape index (κ1) is 20.4. The van der Waals surface area contributed by atoms with Crippen LogP contribution in [-0.4, -0.2) is 40.2 Å². The maximum Gasteiger partial charge on any atom is 0.419 e. The molecule has 2 amide bonds. The maximum absolute atomic E-state index is 12.5. The number of fused-ring (bicyclic) bond motifs is 1. The summed E-state index contributed by atoms with van der Waals surface area (Å²) in [5, 5.41) is 3.31. The summed E-state index contributed by atoms with van der Waals surface area (Å²) in [6.45, 7) is 6.86. The van der Waals surface area contributed by atoms with Gasteiger partial charge in [0, 0.05) is 18.0 Å². The monoisotopic (exact) mass is 374 g/mol. The van der Waals surface area contributed by atoms with Gasteiger partial charge in [0.2, 0.25) is 11.8 Å². The van der Waals surface area contributed by atoms with Gasteiger partial charge in [0.05, 0.1) is 11.6 Å².